The summed E-state index contributed by atoms with van der Waals surface area (Å²) in [4.78, 5) is 0. The molecule has 2 aromatic heterocycles. The molecule has 48 heavy (non-hydrogen) atoms. The summed E-state index contributed by atoms with van der Waals surface area (Å²) < 4.78 is 82.2. The van der Waals surface area contributed by atoms with Gasteiger partial charge in [0, 0.05) is 34.0 Å². The van der Waals surface area contributed by atoms with E-state index in [0.29, 0.717) is 5.69 Å². The standard InChI is InChI=1S/2C17H13F3N2O2/c1-2-8-22-16(11-7-6-10(23)9-14(11)24)12-4-3-5-13(15(12)21-22)17(18,19)20;1-2-8-22-16-12(4-3-5-13(16)17(18,19)20)15(21-22)11-7-6-10(23)9-14(11)24/h2*2-7,9,23-24H,1,8H2. The van der Waals surface area contributed by atoms with Crippen molar-refractivity contribution in [2.75, 3.05) is 0 Å². The van der Waals surface area contributed by atoms with Crippen LogP contribution in [0.1, 0.15) is 11.1 Å². The van der Waals surface area contributed by atoms with Gasteiger partial charge in [0.2, 0.25) is 0 Å². The maximum atomic E-state index is 13.3. The molecule has 6 rings (SSSR count). The van der Waals surface area contributed by atoms with Crippen molar-refractivity contribution in [1.82, 2.24) is 19.6 Å². The van der Waals surface area contributed by atoms with Crippen molar-refractivity contribution < 1.29 is 46.8 Å². The molecule has 4 N–H and O–H groups in total. The van der Waals surface area contributed by atoms with Gasteiger partial charge >= 0.3 is 12.4 Å². The topological polar surface area (TPSA) is 117 Å². The Balaban J connectivity index is 0.000000188. The normalized spacial score (nSPS) is 11.8. The molecule has 0 saturated carbocycles. The fourth-order valence-electron chi connectivity index (χ4n) is 5.28. The first kappa shape index (κ1) is 33.4. The highest BCUT2D eigenvalue weighted by atomic mass is 19.4. The Bertz CT molecular complexity index is 2160. The van der Waals surface area contributed by atoms with Crippen LogP contribution < -0.4 is 0 Å². The zero-order valence-corrected chi connectivity index (χ0v) is 24.8. The first-order valence-electron chi connectivity index (χ1n) is 14.1. The smallest absolute Gasteiger partial charge is 0.418 e. The molecule has 2 heterocycles. The van der Waals surface area contributed by atoms with Gasteiger partial charge in [-0.3, -0.25) is 9.36 Å². The molecule has 0 aliphatic rings. The Morgan fingerprint density at radius 3 is 1.69 bits per heavy atom. The zero-order chi connectivity index (χ0) is 35.0. The summed E-state index contributed by atoms with van der Waals surface area (Å²) in [5.41, 5.74) is -0.886. The molecule has 0 bridgehead atoms. The van der Waals surface area contributed by atoms with Crippen molar-refractivity contribution >= 4 is 21.8 Å². The third kappa shape index (κ3) is 6.36. The van der Waals surface area contributed by atoms with E-state index in [0.717, 1.165) is 24.3 Å². The van der Waals surface area contributed by atoms with Crippen LogP contribution in [0.3, 0.4) is 0 Å². The van der Waals surface area contributed by atoms with E-state index < -0.39 is 23.5 Å². The molecule has 0 radical (unpaired) electrons. The minimum atomic E-state index is -4.54. The minimum Gasteiger partial charge on any atom is -0.508 e. The van der Waals surface area contributed by atoms with Crippen molar-refractivity contribution in [1.29, 1.82) is 0 Å². The second-order valence-corrected chi connectivity index (χ2v) is 10.4. The SMILES string of the molecule is C=CCn1nc(-c2ccc(O)cc2O)c2cccc(C(F)(F)F)c21.C=CCn1nc2c(C(F)(F)F)cccc2c1-c1ccc(O)cc1O. The average molecular weight is 669 g/mol. The molecule has 0 unspecified atom stereocenters. The Morgan fingerprint density at radius 2 is 1.15 bits per heavy atom. The molecule has 8 nitrogen and oxygen atoms in total. The summed E-state index contributed by atoms with van der Waals surface area (Å²) in [5.74, 6) is -0.814. The number of phenols is 4. The van der Waals surface area contributed by atoms with Gasteiger partial charge < -0.3 is 20.4 Å². The number of fused-ring (bicyclic) bond motifs is 2. The lowest BCUT2D eigenvalue weighted by Crippen LogP contribution is -2.09. The Kier molecular flexibility index (Phi) is 8.85. The van der Waals surface area contributed by atoms with Gasteiger partial charge in [-0.1, -0.05) is 36.4 Å². The van der Waals surface area contributed by atoms with Crippen molar-refractivity contribution in [3.05, 3.63) is 109 Å². The monoisotopic (exact) mass is 668 g/mol. The summed E-state index contributed by atoms with van der Waals surface area (Å²) in [6.07, 6.45) is -6.13. The molecule has 0 aliphatic heterocycles. The van der Waals surface area contributed by atoms with Crippen LogP contribution in [0.25, 0.3) is 44.3 Å². The maximum absolute atomic E-state index is 13.3. The van der Waals surface area contributed by atoms with Crippen molar-refractivity contribution in [3.63, 3.8) is 0 Å². The summed E-state index contributed by atoms with van der Waals surface area (Å²) in [6.45, 7) is 7.38. The van der Waals surface area contributed by atoms with E-state index >= 15 is 0 Å². The number of aromatic nitrogens is 4. The Labute approximate surface area is 268 Å². The highest BCUT2D eigenvalue weighted by Crippen LogP contribution is 2.42. The predicted octanol–water partition coefficient (Wildman–Crippen LogP) is 8.64. The van der Waals surface area contributed by atoms with E-state index in [-0.39, 0.29) is 74.7 Å². The number of para-hydroxylation sites is 1. The minimum absolute atomic E-state index is 0.0765. The molecule has 14 heteroatoms. The number of halogens is 6. The quantitative estimate of drug-likeness (QED) is 0.104. The van der Waals surface area contributed by atoms with Gasteiger partial charge in [-0.05, 0) is 36.4 Å². The molecule has 0 saturated heterocycles. The number of hydrogen-bond acceptors (Lipinski definition) is 6. The van der Waals surface area contributed by atoms with Crippen LogP contribution in [-0.4, -0.2) is 40.0 Å². The number of nitrogens with zero attached hydrogens (tertiary/aromatic N) is 4. The predicted molar refractivity (Wildman–Crippen MR) is 167 cm³/mol. The highest BCUT2D eigenvalue weighted by molar-refractivity contribution is 5.97. The summed E-state index contributed by atoms with van der Waals surface area (Å²) in [5, 5.41) is 47.7. The summed E-state index contributed by atoms with van der Waals surface area (Å²) in [7, 11) is 0. The van der Waals surface area contributed by atoms with Gasteiger partial charge in [-0.2, -0.15) is 36.5 Å². The highest BCUT2D eigenvalue weighted by Gasteiger charge is 2.36. The van der Waals surface area contributed by atoms with Crippen LogP contribution in [-0.2, 0) is 25.4 Å². The van der Waals surface area contributed by atoms with Crippen molar-refractivity contribution in [3.8, 4) is 45.5 Å². The number of rotatable bonds is 6. The van der Waals surface area contributed by atoms with Gasteiger partial charge in [0.15, 0.2) is 0 Å². The number of allylic oxidation sites excluding steroid dienone is 2. The average Bonchev–Trinajstić information content (AvgIpc) is 3.55. The maximum Gasteiger partial charge on any atom is 0.418 e. The number of phenolic OH excluding ortho intramolecular Hbond substituents is 4. The number of benzene rings is 4. The van der Waals surface area contributed by atoms with Crippen LogP contribution in [0.4, 0.5) is 26.3 Å². The van der Waals surface area contributed by atoms with Crippen LogP contribution in [0.15, 0.2) is 98.1 Å². The molecule has 0 fully saturated rings. The molecular weight excluding hydrogens is 642 g/mol. The van der Waals surface area contributed by atoms with Crippen LogP contribution in [0.2, 0.25) is 0 Å². The largest absolute Gasteiger partial charge is 0.508 e. The second-order valence-electron chi connectivity index (χ2n) is 10.4. The Morgan fingerprint density at radius 1 is 0.625 bits per heavy atom. The molecule has 4 aromatic carbocycles. The summed E-state index contributed by atoms with van der Waals surface area (Å²) >= 11 is 0. The molecule has 0 atom stereocenters. The fraction of sp³-hybridized carbons (Fsp3) is 0.118. The molecule has 248 valence electrons. The summed E-state index contributed by atoms with van der Waals surface area (Å²) in [6, 6.07) is 15.3. The van der Waals surface area contributed by atoms with Gasteiger partial charge in [-0.15, -0.1) is 13.2 Å². The van der Waals surface area contributed by atoms with E-state index in [1.807, 2.05) is 0 Å². The number of aromatic hydroxyl groups is 4. The lowest BCUT2D eigenvalue weighted by Gasteiger charge is -2.10. The molecule has 0 spiro atoms. The lowest BCUT2D eigenvalue weighted by molar-refractivity contribution is -0.137. The molecule has 6 aromatic rings. The lowest BCUT2D eigenvalue weighted by atomic mass is 10.0. The Hall–Kier alpha value is -5.92. The van der Waals surface area contributed by atoms with E-state index in [1.54, 1.807) is 0 Å². The van der Waals surface area contributed by atoms with Gasteiger partial charge in [0.25, 0.3) is 0 Å². The van der Waals surface area contributed by atoms with Gasteiger partial charge in [-0.25, -0.2) is 0 Å². The molecule has 0 amide bonds. The van der Waals surface area contributed by atoms with Crippen LogP contribution in [0, 0.1) is 0 Å². The number of hydrogen-bond donors (Lipinski definition) is 4. The van der Waals surface area contributed by atoms with E-state index in [4.69, 9.17) is 0 Å². The van der Waals surface area contributed by atoms with Gasteiger partial charge in [0.1, 0.15) is 34.2 Å². The zero-order valence-electron chi connectivity index (χ0n) is 24.8. The van der Waals surface area contributed by atoms with E-state index in [1.165, 1.54) is 70.0 Å². The van der Waals surface area contributed by atoms with Crippen LogP contribution in [0.5, 0.6) is 23.0 Å². The van der Waals surface area contributed by atoms with Gasteiger partial charge in [0.05, 0.1) is 35.4 Å². The fourth-order valence-corrected chi connectivity index (χ4v) is 5.28. The third-order valence-corrected chi connectivity index (χ3v) is 7.23. The molecular formula is C34H26F6N4O4. The van der Waals surface area contributed by atoms with E-state index in [2.05, 4.69) is 23.4 Å². The van der Waals surface area contributed by atoms with E-state index in [9.17, 15) is 46.8 Å². The van der Waals surface area contributed by atoms with Crippen molar-refractivity contribution in [2.45, 2.75) is 25.4 Å². The first-order valence-corrected chi connectivity index (χ1v) is 14.1. The first-order chi connectivity index (χ1) is 22.6. The van der Waals surface area contributed by atoms with Crippen LogP contribution >= 0.6 is 0 Å². The van der Waals surface area contributed by atoms with Crippen molar-refractivity contribution in [2.24, 2.45) is 0 Å². The molecule has 0 aliphatic carbocycles. The third-order valence-electron chi connectivity index (χ3n) is 7.23. The number of alkyl halides is 6. The second kappa shape index (κ2) is 12.7.